The van der Waals surface area contributed by atoms with Crippen LogP contribution in [0.15, 0.2) is 47.6 Å². The topological polar surface area (TPSA) is 73.2 Å². The third-order valence-electron chi connectivity index (χ3n) is 3.92. The summed E-state index contributed by atoms with van der Waals surface area (Å²) in [5.74, 6) is -0.561. The van der Waals surface area contributed by atoms with Gasteiger partial charge in [0.1, 0.15) is 0 Å². The molecule has 0 saturated carbocycles. The summed E-state index contributed by atoms with van der Waals surface area (Å²) in [5, 5.41) is 3.83. The molecule has 0 aliphatic rings. The lowest BCUT2D eigenvalue weighted by atomic mass is 10.2. The molecule has 1 amide bonds. The number of hydrogen-bond acceptors (Lipinski definition) is 5. The van der Waals surface area contributed by atoms with Crippen LogP contribution in [0.5, 0.6) is 0 Å². The minimum absolute atomic E-state index is 0.194. The van der Waals surface area contributed by atoms with Crippen molar-refractivity contribution in [2.24, 2.45) is 0 Å². The SMILES string of the molecule is CCn1c(SCC(=O)Nc2ccc(Cl)c(C(=O)OC)c2)nc2ccccc21. The third-order valence-corrected chi connectivity index (χ3v) is 5.23. The van der Waals surface area contributed by atoms with E-state index in [1.807, 2.05) is 31.2 Å². The summed E-state index contributed by atoms with van der Waals surface area (Å²) in [4.78, 5) is 28.6. The van der Waals surface area contributed by atoms with E-state index in [9.17, 15) is 9.59 Å². The smallest absolute Gasteiger partial charge is 0.339 e. The first-order valence-corrected chi connectivity index (χ1v) is 9.65. The number of imidazole rings is 1. The van der Waals surface area contributed by atoms with Crippen LogP contribution in [0, 0.1) is 0 Å². The number of anilines is 1. The summed E-state index contributed by atoms with van der Waals surface area (Å²) in [6.07, 6.45) is 0. The second kappa shape index (κ2) is 8.45. The van der Waals surface area contributed by atoms with Crippen molar-refractivity contribution in [2.45, 2.75) is 18.6 Å². The van der Waals surface area contributed by atoms with Gasteiger partial charge in [0.15, 0.2) is 5.16 Å². The summed E-state index contributed by atoms with van der Waals surface area (Å²) < 4.78 is 6.76. The minimum Gasteiger partial charge on any atom is -0.465 e. The van der Waals surface area contributed by atoms with E-state index in [4.69, 9.17) is 11.6 Å². The first kappa shape index (κ1) is 19.3. The zero-order chi connectivity index (χ0) is 19.4. The molecule has 0 saturated heterocycles. The Labute approximate surface area is 165 Å². The Kier molecular flexibility index (Phi) is 6.03. The molecule has 0 aliphatic heterocycles. The van der Waals surface area contributed by atoms with Gasteiger partial charge in [0.2, 0.25) is 5.91 Å². The molecule has 0 bridgehead atoms. The van der Waals surface area contributed by atoms with Crippen LogP contribution in [0.1, 0.15) is 17.3 Å². The van der Waals surface area contributed by atoms with Gasteiger partial charge in [-0.25, -0.2) is 9.78 Å². The van der Waals surface area contributed by atoms with Crippen molar-refractivity contribution in [3.63, 3.8) is 0 Å². The van der Waals surface area contributed by atoms with E-state index in [-0.39, 0.29) is 22.2 Å². The van der Waals surface area contributed by atoms with Crippen LogP contribution in [-0.2, 0) is 16.1 Å². The second-order valence-electron chi connectivity index (χ2n) is 5.65. The van der Waals surface area contributed by atoms with E-state index in [1.165, 1.54) is 24.9 Å². The highest BCUT2D eigenvalue weighted by molar-refractivity contribution is 7.99. The summed E-state index contributed by atoms with van der Waals surface area (Å²) >= 11 is 7.36. The molecule has 0 spiro atoms. The Balaban J connectivity index is 1.69. The third kappa shape index (κ3) is 4.26. The zero-order valence-corrected chi connectivity index (χ0v) is 16.4. The van der Waals surface area contributed by atoms with Crippen LogP contribution in [-0.4, -0.2) is 34.3 Å². The molecule has 1 aromatic heterocycles. The predicted octanol–water partition coefficient (Wildman–Crippen LogP) is 4.23. The molecule has 0 unspecified atom stereocenters. The number of halogens is 1. The van der Waals surface area contributed by atoms with Crippen molar-refractivity contribution in [1.29, 1.82) is 0 Å². The number of methoxy groups -OCH3 is 1. The maximum Gasteiger partial charge on any atom is 0.339 e. The van der Waals surface area contributed by atoms with E-state index < -0.39 is 5.97 Å². The van der Waals surface area contributed by atoms with Crippen molar-refractivity contribution in [2.75, 3.05) is 18.2 Å². The van der Waals surface area contributed by atoms with Gasteiger partial charge < -0.3 is 14.6 Å². The van der Waals surface area contributed by atoms with Gasteiger partial charge in [0.25, 0.3) is 0 Å². The largest absolute Gasteiger partial charge is 0.465 e. The van der Waals surface area contributed by atoms with E-state index in [0.29, 0.717) is 5.69 Å². The molecule has 0 atom stereocenters. The number of amides is 1. The maximum absolute atomic E-state index is 12.3. The van der Waals surface area contributed by atoms with E-state index in [1.54, 1.807) is 12.1 Å². The van der Waals surface area contributed by atoms with Crippen molar-refractivity contribution < 1.29 is 14.3 Å². The van der Waals surface area contributed by atoms with E-state index >= 15 is 0 Å². The number of ether oxygens (including phenoxy) is 1. The van der Waals surface area contributed by atoms with Crippen LogP contribution in [0.25, 0.3) is 11.0 Å². The molecule has 1 heterocycles. The predicted molar refractivity (Wildman–Crippen MR) is 108 cm³/mol. The number of carbonyl (C=O) groups is 2. The van der Waals surface area contributed by atoms with Crippen molar-refractivity contribution in [3.8, 4) is 0 Å². The van der Waals surface area contributed by atoms with Crippen LogP contribution >= 0.6 is 23.4 Å². The second-order valence-corrected chi connectivity index (χ2v) is 7.00. The van der Waals surface area contributed by atoms with Gasteiger partial charge in [-0.15, -0.1) is 0 Å². The molecule has 6 nitrogen and oxygen atoms in total. The molecular weight excluding hydrogens is 386 g/mol. The van der Waals surface area contributed by atoms with E-state index in [2.05, 4.69) is 19.6 Å². The molecule has 140 valence electrons. The number of thioether (sulfide) groups is 1. The highest BCUT2D eigenvalue weighted by Crippen LogP contribution is 2.25. The number of fused-ring (bicyclic) bond motifs is 1. The number of nitrogens with one attached hydrogen (secondary N) is 1. The van der Waals surface area contributed by atoms with Crippen LogP contribution < -0.4 is 5.32 Å². The number of nitrogens with zero attached hydrogens (tertiary/aromatic N) is 2. The molecule has 0 aliphatic carbocycles. The van der Waals surface area contributed by atoms with Crippen molar-refractivity contribution in [1.82, 2.24) is 9.55 Å². The lowest BCUT2D eigenvalue weighted by Gasteiger charge is -2.09. The highest BCUT2D eigenvalue weighted by Gasteiger charge is 2.14. The molecule has 0 fully saturated rings. The van der Waals surface area contributed by atoms with Crippen molar-refractivity contribution >= 4 is 52.0 Å². The van der Waals surface area contributed by atoms with Gasteiger partial charge in [-0.05, 0) is 37.3 Å². The molecule has 8 heteroatoms. The Morgan fingerprint density at radius 1 is 1.26 bits per heavy atom. The van der Waals surface area contributed by atoms with Gasteiger partial charge >= 0.3 is 5.97 Å². The number of esters is 1. The maximum atomic E-state index is 12.3. The van der Waals surface area contributed by atoms with Gasteiger partial charge in [-0.3, -0.25) is 4.79 Å². The molecule has 3 aromatic rings. The minimum atomic E-state index is -0.554. The standard InChI is InChI=1S/C19H18ClN3O3S/c1-3-23-16-7-5-4-6-15(16)22-19(23)27-11-17(24)21-12-8-9-14(20)13(10-12)18(25)26-2/h4-10H,3,11H2,1-2H3,(H,21,24). The summed E-state index contributed by atoms with van der Waals surface area (Å²) in [5.41, 5.74) is 2.64. The molecular formula is C19H18ClN3O3S. The van der Waals surface area contributed by atoms with Gasteiger partial charge in [-0.1, -0.05) is 35.5 Å². The van der Waals surface area contributed by atoms with Crippen LogP contribution in [0.4, 0.5) is 5.69 Å². The van der Waals surface area contributed by atoms with Crippen LogP contribution in [0.2, 0.25) is 5.02 Å². The monoisotopic (exact) mass is 403 g/mol. The Bertz CT molecular complexity index is 1000. The molecule has 3 rings (SSSR count). The van der Waals surface area contributed by atoms with Gasteiger partial charge in [0.05, 0.1) is 34.5 Å². The quantitative estimate of drug-likeness (QED) is 0.492. The van der Waals surface area contributed by atoms with Gasteiger partial charge in [-0.2, -0.15) is 0 Å². The fourth-order valence-corrected chi connectivity index (χ4v) is 3.74. The fraction of sp³-hybridized carbons (Fsp3) is 0.211. The number of aryl methyl sites for hydroxylation is 1. The number of rotatable bonds is 6. The number of carbonyl (C=O) groups excluding carboxylic acids is 2. The normalized spacial score (nSPS) is 10.8. The Morgan fingerprint density at radius 3 is 2.78 bits per heavy atom. The molecule has 2 aromatic carbocycles. The molecule has 0 radical (unpaired) electrons. The van der Waals surface area contributed by atoms with Crippen LogP contribution in [0.3, 0.4) is 0 Å². The summed E-state index contributed by atoms with van der Waals surface area (Å²) in [7, 11) is 1.28. The fourth-order valence-electron chi connectivity index (χ4n) is 2.67. The first-order chi connectivity index (χ1) is 13.0. The number of benzene rings is 2. The number of para-hydroxylation sites is 2. The van der Waals surface area contributed by atoms with Gasteiger partial charge in [0, 0.05) is 12.2 Å². The number of aromatic nitrogens is 2. The first-order valence-electron chi connectivity index (χ1n) is 8.29. The molecule has 1 N–H and O–H groups in total. The Hall–Kier alpha value is -2.51. The van der Waals surface area contributed by atoms with E-state index in [0.717, 1.165) is 22.7 Å². The summed E-state index contributed by atoms with van der Waals surface area (Å²) in [6, 6.07) is 12.6. The average Bonchev–Trinajstić information content (AvgIpc) is 3.04. The lowest BCUT2D eigenvalue weighted by molar-refractivity contribution is -0.113. The summed E-state index contributed by atoms with van der Waals surface area (Å²) in [6.45, 7) is 2.81. The lowest BCUT2D eigenvalue weighted by Crippen LogP contribution is -2.15. The zero-order valence-electron chi connectivity index (χ0n) is 14.9. The van der Waals surface area contributed by atoms with Crippen molar-refractivity contribution in [3.05, 3.63) is 53.1 Å². The average molecular weight is 404 g/mol. The Morgan fingerprint density at radius 2 is 2.04 bits per heavy atom. The highest BCUT2D eigenvalue weighted by atomic mass is 35.5. The molecule has 27 heavy (non-hydrogen) atoms. The number of hydrogen-bond donors (Lipinski definition) is 1.